The van der Waals surface area contributed by atoms with Crippen LogP contribution in [0.4, 0.5) is 0 Å². The summed E-state index contributed by atoms with van der Waals surface area (Å²) in [4.78, 5) is 10.5. The smallest absolute Gasteiger partial charge is 0.341 e. The summed E-state index contributed by atoms with van der Waals surface area (Å²) >= 11 is 0. The van der Waals surface area contributed by atoms with E-state index in [1.54, 1.807) is 0 Å². The number of fused-ring (bicyclic) bond motifs is 1. The number of hydrogen-bond acceptors (Lipinski definition) is 2. The van der Waals surface area contributed by atoms with Crippen molar-refractivity contribution in [2.24, 2.45) is 0 Å². The summed E-state index contributed by atoms with van der Waals surface area (Å²) in [7, 11) is 0. The van der Waals surface area contributed by atoms with Gasteiger partial charge in [-0.25, -0.2) is 4.79 Å². The number of carbonyl (C=O) groups is 1. The van der Waals surface area contributed by atoms with Crippen molar-refractivity contribution in [3.05, 3.63) is 42.3 Å². The SMILES string of the molecule is [2H]c1c([2H])c([2H])c2c([2H])c([2H])c(OCC(=O)O)cc2c1[2H]. The molecule has 3 nitrogen and oxygen atoms in total. The van der Waals surface area contributed by atoms with Crippen LogP contribution in [-0.2, 0) is 4.79 Å². The van der Waals surface area contributed by atoms with Gasteiger partial charge < -0.3 is 9.84 Å². The normalized spacial score (nSPS) is 15.7. The molecule has 0 spiro atoms. The topological polar surface area (TPSA) is 46.5 Å². The van der Waals surface area contributed by atoms with Gasteiger partial charge in [-0.15, -0.1) is 0 Å². The average Bonchev–Trinajstić information content (AvgIpc) is 2.44. The van der Waals surface area contributed by atoms with Crippen LogP contribution < -0.4 is 4.74 Å². The quantitative estimate of drug-likeness (QED) is 0.841. The van der Waals surface area contributed by atoms with Crippen LogP contribution in [0.5, 0.6) is 5.75 Å². The van der Waals surface area contributed by atoms with E-state index < -0.39 is 42.8 Å². The molecule has 2 rings (SSSR count). The minimum absolute atomic E-state index is 0.0161. The highest BCUT2D eigenvalue weighted by Crippen LogP contribution is 2.20. The van der Waals surface area contributed by atoms with Crippen LogP contribution in [0.25, 0.3) is 10.8 Å². The Morgan fingerprint density at radius 3 is 2.73 bits per heavy atom. The van der Waals surface area contributed by atoms with Gasteiger partial charge >= 0.3 is 5.97 Å². The lowest BCUT2D eigenvalue weighted by Gasteiger charge is -2.04. The van der Waals surface area contributed by atoms with Crippen molar-refractivity contribution < 1.29 is 22.9 Å². The van der Waals surface area contributed by atoms with Crippen molar-refractivity contribution >= 4 is 16.7 Å². The van der Waals surface area contributed by atoms with E-state index in [0.29, 0.717) is 0 Å². The second kappa shape index (κ2) is 4.00. The number of hydrogen-bond donors (Lipinski definition) is 1. The van der Waals surface area contributed by atoms with E-state index in [1.807, 2.05) is 0 Å². The second-order valence-electron chi connectivity index (χ2n) is 2.73. The highest BCUT2D eigenvalue weighted by molar-refractivity contribution is 5.83. The lowest BCUT2D eigenvalue weighted by molar-refractivity contribution is -0.139. The molecule has 0 aliphatic rings. The first-order valence-electron chi connectivity index (χ1n) is 7.10. The van der Waals surface area contributed by atoms with Crippen LogP contribution in [0, 0.1) is 0 Å². The summed E-state index contributed by atoms with van der Waals surface area (Å²) < 4.78 is 51.2. The van der Waals surface area contributed by atoms with Crippen molar-refractivity contribution in [2.75, 3.05) is 6.61 Å². The molecule has 0 unspecified atom stereocenters. The maximum Gasteiger partial charge on any atom is 0.341 e. The van der Waals surface area contributed by atoms with Gasteiger partial charge in [-0.1, -0.05) is 30.2 Å². The molecule has 0 atom stereocenters. The predicted octanol–water partition coefficient (Wildman–Crippen LogP) is 2.30. The van der Waals surface area contributed by atoms with E-state index in [-0.39, 0.29) is 22.6 Å². The van der Waals surface area contributed by atoms with Crippen molar-refractivity contribution in [3.63, 3.8) is 0 Å². The van der Waals surface area contributed by atoms with Crippen LogP contribution in [0.3, 0.4) is 0 Å². The molecule has 0 saturated heterocycles. The van der Waals surface area contributed by atoms with E-state index in [9.17, 15) is 4.79 Å². The van der Waals surface area contributed by atoms with E-state index in [4.69, 9.17) is 18.1 Å². The standard InChI is InChI=1S/C12H10O3/c13-12(14)8-15-11-6-5-9-3-1-2-4-10(9)7-11/h1-7H,8H2,(H,13,14)/i1D,2D,3D,4D,5D,6D. The zero-order valence-corrected chi connectivity index (χ0v) is 7.55. The van der Waals surface area contributed by atoms with E-state index in [2.05, 4.69) is 0 Å². The predicted molar refractivity (Wildman–Crippen MR) is 57.1 cm³/mol. The fraction of sp³-hybridized carbons (Fsp3) is 0.0833. The summed E-state index contributed by atoms with van der Waals surface area (Å²) in [6.07, 6.45) is 0. The molecule has 0 amide bonds. The fourth-order valence-electron chi connectivity index (χ4n) is 1.04. The number of aliphatic carboxylic acids is 1. The van der Waals surface area contributed by atoms with E-state index in [1.165, 1.54) is 0 Å². The third-order valence-corrected chi connectivity index (χ3v) is 1.65. The fourth-order valence-corrected chi connectivity index (χ4v) is 1.04. The first-order chi connectivity index (χ1) is 9.75. The van der Waals surface area contributed by atoms with E-state index in [0.717, 1.165) is 6.07 Å². The van der Waals surface area contributed by atoms with Crippen LogP contribution in [-0.4, -0.2) is 17.7 Å². The Labute approximate surface area is 95.3 Å². The minimum atomic E-state index is -1.25. The van der Waals surface area contributed by atoms with Gasteiger partial charge in [0.2, 0.25) is 0 Å². The van der Waals surface area contributed by atoms with Gasteiger partial charge in [0, 0.05) is 0 Å². The Bertz CT molecular complexity index is 759. The third kappa shape index (κ3) is 2.26. The highest BCUT2D eigenvalue weighted by Gasteiger charge is 1.99. The largest absolute Gasteiger partial charge is 0.482 e. The molecule has 0 radical (unpaired) electrons. The van der Waals surface area contributed by atoms with Crippen molar-refractivity contribution in [3.8, 4) is 5.75 Å². The lowest BCUT2D eigenvalue weighted by Crippen LogP contribution is -2.09. The number of carboxylic acids is 1. The van der Waals surface area contributed by atoms with Crippen molar-refractivity contribution in [2.45, 2.75) is 0 Å². The van der Waals surface area contributed by atoms with Crippen LogP contribution >= 0.6 is 0 Å². The molecule has 0 aliphatic carbocycles. The first kappa shape index (κ1) is 4.66. The lowest BCUT2D eigenvalue weighted by atomic mass is 10.1. The Morgan fingerprint density at radius 1 is 1.27 bits per heavy atom. The zero-order chi connectivity index (χ0) is 15.9. The van der Waals surface area contributed by atoms with Gasteiger partial charge in [-0.05, 0) is 22.9 Å². The molecule has 0 bridgehead atoms. The van der Waals surface area contributed by atoms with Gasteiger partial charge in [0.05, 0.1) is 8.22 Å². The molecule has 0 heterocycles. The highest BCUT2D eigenvalue weighted by atomic mass is 16.5. The summed E-state index contributed by atoms with van der Waals surface area (Å²) in [6, 6.07) is -1.41. The molecule has 0 saturated carbocycles. The monoisotopic (exact) mass is 208 g/mol. The maximum absolute atomic E-state index is 10.5. The molecule has 76 valence electrons. The average molecular weight is 208 g/mol. The summed E-state index contributed by atoms with van der Waals surface area (Å²) in [5.74, 6) is -1.46. The Kier molecular flexibility index (Phi) is 1.24. The molecular weight excluding hydrogens is 192 g/mol. The van der Waals surface area contributed by atoms with Crippen molar-refractivity contribution in [1.82, 2.24) is 0 Å². The molecule has 1 N–H and O–H groups in total. The van der Waals surface area contributed by atoms with Crippen LogP contribution in [0.2, 0.25) is 0 Å². The van der Waals surface area contributed by atoms with Gasteiger partial charge in [0.15, 0.2) is 6.61 Å². The molecular formula is C12H10O3. The van der Waals surface area contributed by atoms with Gasteiger partial charge in [-0.2, -0.15) is 0 Å². The second-order valence-corrected chi connectivity index (χ2v) is 2.73. The summed E-state index contributed by atoms with van der Waals surface area (Å²) in [5, 5.41) is 8.50. The van der Waals surface area contributed by atoms with Crippen molar-refractivity contribution in [1.29, 1.82) is 0 Å². The molecule has 0 aliphatic heterocycles. The maximum atomic E-state index is 10.5. The molecule has 2 aromatic carbocycles. The summed E-state index contributed by atoms with van der Waals surface area (Å²) in [6.45, 7) is -0.706. The molecule has 0 aromatic heterocycles. The van der Waals surface area contributed by atoms with E-state index >= 15 is 0 Å². The molecule has 0 fully saturated rings. The van der Waals surface area contributed by atoms with Gasteiger partial charge in [0.25, 0.3) is 0 Å². The van der Waals surface area contributed by atoms with Crippen LogP contribution in [0.15, 0.2) is 42.3 Å². The summed E-state index contributed by atoms with van der Waals surface area (Å²) in [5.41, 5.74) is 0. The molecule has 2 aromatic rings. The molecule has 15 heavy (non-hydrogen) atoms. The first-order valence-corrected chi connectivity index (χ1v) is 4.10. The Morgan fingerprint density at radius 2 is 2.00 bits per heavy atom. The van der Waals surface area contributed by atoms with Gasteiger partial charge in [-0.3, -0.25) is 0 Å². The van der Waals surface area contributed by atoms with Gasteiger partial charge in [0.1, 0.15) is 5.75 Å². The number of ether oxygens (including phenoxy) is 1. The Balaban J connectivity index is 2.78. The number of benzene rings is 2. The molecule has 3 heteroatoms. The Hall–Kier alpha value is -2.03. The number of carboxylic acid groups (broad SMARTS) is 1. The zero-order valence-electron chi connectivity index (χ0n) is 13.5. The minimum Gasteiger partial charge on any atom is -0.482 e. The van der Waals surface area contributed by atoms with Crippen LogP contribution in [0.1, 0.15) is 8.22 Å². The third-order valence-electron chi connectivity index (χ3n) is 1.65. The number of rotatable bonds is 3.